The van der Waals surface area contributed by atoms with Crippen molar-refractivity contribution < 1.29 is 5.11 Å². The molecule has 1 nitrogen and oxygen atoms in total. The summed E-state index contributed by atoms with van der Waals surface area (Å²) in [6.07, 6.45) is 0. The molecule has 0 radical (unpaired) electrons. The molecule has 1 N–H and O–H groups in total. The lowest BCUT2D eigenvalue weighted by Crippen LogP contribution is -2.13. The number of thiol groups is 2. The fourth-order valence-corrected chi connectivity index (χ4v) is 5.98. The van der Waals surface area contributed by atoms with Gasteiger partial charge in [0.05, 0.1) is 6.61 Å². The highest BCUT2D eigenvalue weighted by atomic mass is 32.2. The van der Waals surface area contributed by atoms with Crippen molar-refractivity contribution in [3.8, 4) is 0 Å². The molecule has 0 rings (SSSR count). The predicted molar refractivity (Wildman–Crippen MR) is 103 cm³/mol. The molecule has 18 heavy (non-hydrogen) atoms. The molecule has 0 aliphatic heterocycles. The van der Waals surface area contributed by atoms with Crippen molar-refractivity contribution >= 4 is 72.3 Å². The maximum Gasteiger partial charge on any atom is 0.0558 e. The molecule has 0 saturated heterocycles. The standard InChI is InChI=1S/C11H24OS6/c12-9-11(18-8-7-16-4-2-14)10-17-6-5-15-3-1-13/h11-14H,1-10H2. The van der Waals surface area contributed by atoms with Gasteiger partial charge < -0.3 is 5.11 Å². The lowest BCUT2D eigenvalue weighted by molar-refractivity contribution is 0.301. The van der Waals surface area contributed by atoms with Gasteiger partial charge in [-0.1, -0.05) is 0 Å². The highest BCUT2D eigenvalue weighted by molar-refractivity contribution is 8.05. The van der Waals surface area contributed by atoms with E-state index >= 15 is 0 Å². The molecule has 0 heterocycles. The van der Waals surface area contributed by atoms with E-state index in [1.807, 2.05) is 47.0 Å². The minimum absolute atomic E-state index is 0.304. The Bertz CT molecular complexity index is 160. The molecule has 0 aromatic heterocycles. The third-order valence-electron chi connectivity index (χ3n) is 1.93. The molecule has 7 heteroatoms. The van der Waals surface area contributed by atoms with Gasteiger partial charge in [0.25, 0.3) is 0 Å². The topological polar surface area (TPSA) is 20.2 Å². The fourth-order valence-electron chi connectivity index (χ4n) is 1.09. The van der Waals surface area contributed by atoms with Gasteiger partial charge in [0.1, 0.15) is 0 Å². The normalized spacial score (nSPS) is 12.8. The third-order valence-corrected chi connectivity index (χ3v) is 8.04. The molecule has 0 aromatic rings. The van der Waals surface area contributed by atoms with Gasteiger partial charge in [-0.05, 0) is 11.5 Å². The minimum Gasteiger partial charge on any atom is -0.395 e. The summed E-state index contributed by atoms with van der Waals surface area (Å²) in [4.78, 5) is 0. The zero-order valence-corrected chi connectivity index (χ0v) is 15.7. The summed E-state index contributed by atoms with van der Waals surface area (Å²) in [5, 5.41) is 9.71. The second-order valence-electron chi connectivity index (χ2n) is 3.42. The van der Waals surface area contributed by atoms with Crippen LogP contribution in [0.25, 0.3) is 0 Å². The Labute approximate surface area is 140 Å². The maximum atomic E-state index is 9.30. The van der Waals surface area contributed by atoms with E-state index in [4.69, 9.17) is 0 Å². The van der Waals surface area contributed by atoms with E-state index in [1.165, 1.54) is 17.3 Å². The van der Waals surface area contributed by atoms with Crippen LogP contribution in [0.2, 0.25) is 0 Å². The largest absolute Gasteiger partial charge is 0.395 e. The molecule has 0 amide bonds. The van der Waals surface area contributed by atoms with Crippen molar-refractivity contribution in [3.63, 3.8) is 0 Å². The van der Waals surface area contributed by atoms with Crippen LogP contribution in [-0.4, -0.2) is 68.7 Å². The van der Waals surface area contributed by atoms with E-state index < -0.39 is 0 Å². The van der Waals surface area contributed by atoms with Crippen LogP contribution in [0.1, 0.15) is 0 Å². The molecular weight excluding hydrogens is 341 g/mol. The zero-order chi connectivity index (χ0) is 13.5. The Morgan fingerprint density at radius 1 is 0.778 bits per heavy atom. The van der Waals surface area contributed by atoms with E-state index in [-0.39, 0.29) is 0 Å². The van der Waals surface area contributed by atoms with Gasteiger partial charge in [0.2, 0.25) is 0 Å². The van der Waals surface area contributed by atoms with Crippen LogP contribution < -0.4 is 0 Å². The number of thioether (sulfide) groups is 4. The summed E-state index contributed by atoms with van der Waals surface area (Å²) >= 11 is 16.1. The van der Waals surface area contributed by atoms with Crippen LogP contribution in [0.3, 0.4) is 0 Å². The first-order valence-corrected chi connectivity index (χ1v) is 11.8. The monoisotopic (exact) mass is 364 g/mol. The minimum atomic E-state index is 0.304. The Hall–Kier alpha value is 2.06. The summed E-state index contributed by atoms with van der Waals surface area (Å²) in [6, 6.07) is 0. The van der Waals surface area contributed by atoms with E-state index in [1.54, 1.807) is 0 Å². The lowest BCUT2D eigenvalue weighted by atomic mass is 10.5. The van der Waals surface area contributed by atoms with E-state index in [0.717, 1.165) is 34.5 Å². The number of aliphatic hydroxyl groups is 1. The summed E-state index contributed by atoms with van der Waals surface area (Å²) in [7, 11) is 0. The van der Waals surface area contributed by atoms with Crippen LogP contribution in [0.5, 0.6) is 0 Å². The summed E-state index contributed by atoms with van der Waals surface area (Å²) in [6.45, 7) is 0.304. The first kappa shape index (κ1) is 20.1. The quantitative estimate of drug-likeness (QED) is 0.324. The molecule has 0 fully saturated rings. The SMILES string of the molecule is OCC(CSCCSCCS)SCCSCCS. The second-order valence-corrected chi connectivity index (χ2v) is 9.32. The number of hydrogen-bond acceptors (Lipinski definition) is 7. The molecule has 0 aromatic carbocycles. The summed E-state index contributed by atoms with van der Waals surface area (Å²) in [5.41, 5.74) is 0. The Morgan fingerprint density at radius 2 is 1.33 bits per heavy atom. The zero-order valence-electron chi connectivity index (χ0n) is 10.6. The van der Waals surface area contributed by atoms with Crippen molar-refractivity contribution in [1.29, 1.82) is 0 Å². The van der Waals surface area contributed by atoms with Crippen molar-refractivity contribution in [2.24, 2.45) is 0 Å². The molecule has 0 bridgehead atoms. The van der Waals surface area contributed by atoms with Gasteiger partial charge in [0.15, 0.2) is 0 Å². The predicted octanol–water partition coefficient (Wildman–Crippen LogP) is 3.14. The van der Waals surface area contributed by atoms with E-state index in [2.05, 4.69) is 25.3 Å². The Kier molecular flexibility index (Phi) is 19.1. The lowest BCUT2D eigenvalue weighted by Gasteiger charge is -2.13. The maximum absolute atomic E-state index is 9.30. The van der Waals surface area contributed by atoms with Crippen molar-refractivity contribution in [1.82, 2.24) is 0 Å². The Balaban J connectivity index is 3.29. The van der Waals surface area contributed by atoms with Crippen molar-refractivity contribution in [3.05, 3.63) is 0 Å². The van der Waals surface area contributed by atoms with Crippen LogP contribution in [0.4, 0.5) is 0 Å². The number of aliphatic hydroxyl groups excluding tert-OH is 1. The molecule has 0 aliphatic rings. The summed E-state index contributed by atoms with van der Waals surface area (Å²) < 4.78 is 0. The van der Waals surface area contributed by atoms with Gasteiger partial charge in [0, 0.05) is 45.5 Å². The van der Waals surface area contributed by atoms with Gasteiger partial charge >= 0.3 is 0 Å². The first-order valence-electron chi connectivity index (χ1n) is 6.02. The summed E-state index contributed by atoms with van der Waals surface area (Å²) in [5.74, 6) is 9.96. The van der Waals surface area contributed by atoms with E-state index in [0.29, 0.717) is 11.9 Å². The highest BCUT2D eigenvalue weighted by Crippen LogP contribution is 2.18. The number of hydrogen-bond donors (Lipinski definition) is 3. The van der Waals surface area contributed by atoms with Crippen molar-refractivity contribution in [2.45, 2.75) is 5.25 Å². The van der Waals surface area contributed by atoms with Crippen molar-refractivity contribution in [2.75, 3.05) is 58.4 Å². The smallest absolute Gasteiger partial charge is 0.0558 e. The molecular formula is C11H24OS6. The molecule has 110 valence electrons. The first-order chi connectivity index (χ1) is 8.85. The molecule has 1 unspecified atom stereocenters. The van der Waals surface area contributed by atoms with Gasteiger partial charge in [-0.15, -0.1) is 0 Å². The van der Waals surface area contributed by atoms with Gasteiger partial charge in [-0.2, -0.15) is 72.3 Å². The highest BCUT2D eigenvalue weighted by Gasteiger charge is 2.07. The van der Waals surface area contributed by atoms with Crippen LogP contribution >= 0.6 is 72.3 Å². The molecule has 0 saturated carbocycles. The third kappa shape index (κ3) is 14.5. The second kappa shape index (κ2) is 17.1. The van der Waals surface area contributed by atoms with Gasteiger partial charge in [-0.25, -0.2) is 0 Å². The fraction of sp³-hybridized carbons (Fsp3) is 1.00. The van der Waals surface area contributed by atoms with Crippen LogP contribution in [0.15, 0.2) is 0 Å². The molecule has 0 aliphatic carbocycles. The Morgan fingerprint density at radius 3 is 1.89 bits per heavy atom. The number of rotatable bonds is 14. The van der Waals surface area contributed by atoms with E-state index in [9.17, 15) is 5.11 Å². The molecule has 0 spiro atoms. The van der Waals surface area contributed by atoms with Crippen LogP contribution in [0, 0.1) is 0 Å². The average molecular weight is 365 g/mol. The average Bonchev–Trinajstić information content (AvgIpc) is 2.40. The van der Waals surface area contributed by atoms with Gasteiger partial charge in [-0.3, -0.25) is 0 Å². The molecule has 1 atom stereocenters. The van der Waals surface area contributed by atoms with Crippen LogP contribution in [-0.2, 0) is 0 Å².